The van der Waals surface area contributed by atoms with Crippen LogP contribution in [0.3, 0.4) is 0 Å². The lowest BCUT2D eigenvalue weighted by molar-refractivity contribution is 0.0686. The molecule has 6 aromatic rings. The van der Waals surface area contributed by atoms with E-state index in [0.29, 0.717) is 36.5 Å². The van der Waals surface area contributed by atoms with Crippen molar-refractivity contribution in [2.45, 2.75) is 19.3 Å². The summed E-state index contributed by atoms with van der Waals surface area (Å²) in [7, 11) is 0. The highest BCUT2D eigenvalue weighted by Crippen LogP contribution is 2.23. The summed E-state index contributed by atoms with van der Waals surface area (Å²) >= 11 is 0. The highest BCUT2D eigenvalue weighted by atomic mass is 16.4. The minimum Gasteiger partial charge on any atom is -0.478 e. The Morgan fingerprint density at radius 1 is 0.592 bits per heavy atom. The van der Waals surface area contributed by atoms with Crippen LogP contribution >= 0.6 is 0 Å². The number of aromatic carboxylic acids is 2. The lowest BCUT2D eigenvalue weighted by Crippen LogP contribution is -2.17. The largest absolute Gasteiger partial charge is 0.478 e. The summed E-state index contributed by atoms with van der Waals surface area (Å²) in [6.07, 6.45) is 11.1. The maximum Gasteiger partial charge on any atom is 0.337 e. The molecule has 0 aliphatic rings. The van der Waals surface area contributed by atoms with E-state index in [0.717, 1.165) is 5.56 Å². The van der Waals surface area contributed by atoms with Crippen LogP contribution in [0.2, 0.25) is 0 Å². The van der Waals surface area contributed by atoms with E-state index in [2.05, 4.69) is 41.0 Å². The molecule has 2 amide bonds. The van der Waals surface area contributed by atoms with Gasteiger partial charge in [-0.25, -0.2) is 19.6 Å². The highest BCUT2D eigenvalue weighted by Gasteiger charge is 2.18. The van der Waals surface area contributed by atoms with Gasteiger partial charge in [-0.1, -0.05) is 12.1 Å². The molecule has 4 heterocycles. The van der Waals surface area contributed by atoms with Crippen LogP contribution in [0.25, 0.3) is 11.6 Å². The first-order valence-corrected chi connectivity index (χ1v) is 14.7. The van der Waals surface area contributed by atoms with Gasteiger partial charge in [0.1, 0.15) is 12.7 Å². The van der Waals surface area contributed by atoms with Crippen LogP contribution in [0.5, 0.6) is 0 Å². The van der Waals surface area contributed by atoms with E-state index in [1.165, 1.54) is 36.7 Å². The fourth-order valence-corrected chi connectivity index (χ4v) is 4.90. The molecule has 2 aromatic carbocycles. The number of benzene rings is 2. The summed E-state index contributed by atoms with van der Waals surface area (Å²) in [5.74, 6) is -2.76. The van der Waals surface area contributed by atoms with Gasteiger partial charge < -0.3 is 20.8 Å². The first kappa shape index (κ1) is 31.9. The summed E-state index contributed by atoms with van der Waals surface area (Å²) < 4.78 is 3.24. The van der Waals surface area contributed by atoms with Crippen LogP contribution in [0.15, 0.2) is 98.1 Å². The second-order valence-corrected chi connectivity index (χ2v) is 10.6. The first-order valence-electron chi connectivity index (χ1n) is 14.7. The third kappa shape index (κ3) is 7.49. The van der Waals surface area contributed by atoms with E-state index in [9.17, 15) is 29.4 Å². The number of rotatable bonds is 12. The molecule has 0 saturated heterocycles. The number of aryl methyl sites for hydroxylation is 2. The van der Waals surface area contributed by atoms with Gasteiger partial charge in [0.2, 0.25) is 0 Å². The lowest BCUT2D eigenvalue weighted by atomic mass is 10.00. The Labute approximate surface area is 277 Å². The van der Waals surface area contributed by atoms with Gasteiger partial charge in [0.05, 0.1) is 22.5 Å². The van der Waals surface area contributed by atoms with Crippen molar-refractivity contribution in [3.63, 3.8) is 0 Å². The van der Waals surface area contributed by atoms with Gasteiger partial charge in [-0.05, 0) is 78.9 Å². The van der Waals surface area contributed by atoms with Crippen LogP contribution in [0.1, 0.15) is 59.2 Å². The minimum atomic E-state index is -1.22. The molecule has 244 valence electrons. The molecule has 0 bridgehead atoms. The summed E-state index contributed by atoms with van der Waals surface area (Å²) in [6, 6.07) is 15.5. The van der Waals surface area contributed by atoms with E-state index in [4.69, 9.17) is 0 Å². The van der Waals surface area contributed by atoms with Gasteiger partial charge in [-0.3, -0.25) is 18.7 Å². The van der Waals surface area contributed by atoms with Crippen molar-refractivity contribution in [3.8, 4) is 11.6 Å². The van der Waals surface area contributed by atoms with Crippen molar-refractivity contribution >= 4 is 35.1 Å². The fraction of sp³-hybridized carbons (Fsp3) is 0.0909. The SMILES string of the molecule is O=C(Nc1cc(CCCc2ccc(NC(=O)c3ccc(-n4ccnc4)nn3)c(C(=O)O)c2)ccc1C(=O)O)c1ccc(-n2ccnc2)nn1. The number of carbonyl (C=O) groups is 4. The molecule has 4 N–H and O–H groups in total. The normalized spacial score (nSPS) is 10.8. The van der Waals surface area contributed by atoms with Gasteiger partial charge in [-0.15, -0.1) is 20.4 Å². The van der Waals surface area contributed by atoms with E-state index in [1.807, 2.05) is 0 Å². The zero-order chi connectivity index (χ0) is 34.3. The average Bonchev–Trinajstić information content (AvgIpc) is 3.85. The molecular weight excluding hydrogens is 632 g/mol. The molecule has 0 spiro atoms. The Morgan fingerprint density at radius 3 is 1.61 bits per heavy atom. The zero-order valence-corrected chi connectivity index (χ0v) is 25.5. The van der Waals surface area contributed by atoms with Crippen molar-refractivity contribution < 1.29 is 29.4 Å². The van der Waals surface area contributed by atoms with E-state index in [1.54, 1.807) is 70.6 Å². The van der Waals surface area contributed by atoms with Crippen molar-refractivity contribution in [1.82, 2.24) is 39.5 Å². The maximum atomic E-state index is 12.9. The second kappa shape index (κ2) is 14.1. The number of imidazole rings is 2. The van der Waals surface area contributed by atoms with E-state index >= 15 is 0 Å². The lowest BCUT2D eigenvalue weighted by Gasteiger charge is -2.12. The highest BCUT2D eigenvalue weighted by molar-refractivity contribution is 6.07. The molecule has 49 heavy (non-hydrogen) atoms. The topological polar surface area (TPSA) is 220 Å². The van der Waals surface area contributed by atoms with Gasteiger partial charge >= 0.3 is 11.9 Å². The Bertz CT molecular complexity index is 2130. The van der Waals surface area contributed by atoms with Crippen LogP contribution < -0.4 is 10.6 Å². The number of nitrogens with one attached hydrogen (secondary N) is 2. The number of hydrogen-bond donors (Lipinski definition) is 4. The molecule has 0 radical (unpaired) electrons. The predicted octanol–water partition coefficient (Wildman–Crippen LogP) is 3.71. The molecule has 0 saturated carbocycles. The number of aromatic nitrogens is 8. The van der Waals surface area contributed by atoms with Crippen LogP contribution in [-0.4, -0.2) is 73.5 Å². The average molecular weight is 659 g/mol. The molecule has 16 nitrogen and oxygen atoms in total. The van der Waals surface area contributed by atoms with Crippen molar-refractivity contribution in [3.05, 3.63) is 132 Å². The summed E-state index contributed by atoms with van der Waals surface area (Å²) in [5, 5.41) is 40.7. The van der Waals surface area contributed by atoms with Crippen LogP contribution in [-0.2, 0) is 12.8 Å². The van der Waals surface area contributed by atoms with Gasteiger partial charge in [0, 0.05) is 24.8 Å². The summed E-state index contributed by atoms with van der Waals surface area (Å²) in [5.41, 5.74) is 1.49. The van der Waals surface area contributed by atoms with Gasteiger partial charge in [0.25, 0.3) is 11.8 Å². The molecule has 16 heteroatoms. The quantitative estimate of drug-likeness (QED) is 0.148. The Balaban J connectivity index is 1.09. The molecule has 0 fully saturated rings. The molecule has 6 rings (SSSR count). The summed E-state index contributed by atoms with van der Waals surface area (Å²) in [4.78, 5) is 57.5. The van der Waals surface area contributed by atoms with Crippen LogP contribution in [0, 0.1) is 0 Å². The monoisotopic (exact) mass is 658 g/mol. The predicted molar refractivity (Wildman–Crippen MR) is 173 cm³/mol. The molecule has 0 unspecified atom stereocenters. The second-order valence-electron chi connectivity index (χ2n) is 10.6. The van der Waals surface area contributed by atoms with Crippen molar-refractivity contribution in [1.29, 1.82) is 0 Å². The van der Waals surface area contributed by atoms with Crippen molar-refractivity contribution in [2.24, 2.45) is 0 Å². The number of nitrogens with zero attached hydrogens (tertiary/aromatic N) is 8. The van der Waals surface area contributed by atoms with Crippen LogP contribution in [0.4, 0.5) is 11.4 Å². The number of hydrogen-bond acceptors (Lipinski definition) is 10. The third-order valence-electron chi connectivity index (χ3n) is 7.36. The van der Waals surface area contributed by atoms with Gasteiger partial charge in [0.15, 0.2) is 23.0 Å². The van der Waals surface area contributed by atoms with Gasteiger partial charge in [-0.2, -0.15) is 0 Å². The fourth-order valence-electron chi connectivity index (χ4n) is 4.90. The number of carboxylic acids is 2. The molecule has 4 aromatic heterocycles. The number of amides is 2. The third-order valence-corrected chi connectivity index (χ3v) is 7.36. The molecule has 0 atom stereocenters. The minimum absolute atomic E-state index is 0.00378. The molecule has 0 aliphatic heterocycles. The molecular formula is C33H26N10O6. The Morgan fingerprint density at radius 2 is 1.12 bits per heavy atom. The zero-order valence-electron chi connectivity index (χ0n) is 25.5. The molecule has 0 aliphatic carbocycles. The number of carboxylic acid groups (broad SMARTS) is 2. The standard InChI is InChI=1S/C33H26N10O6/c44-30(25-8-10-28(40-38-25)42-14-12-34-18-42)36-24-7-5-20(16-23(24)33(48)49)2-1-3-21-4-6-22(32(46)47)27(17-21)37-31(45)26-9-11-29(41-39-26)43-15-13-35-19-43/h4-19H,1-3H2,(H,36,44)(H,37,45)(H,46,47)(H,48,49). The van der Waals surface area contributed by atoms with Crippen molar-refractivity contribution in [2.75, 3.05) is 10.6 Å². The van der Waals surface area contributed by atoms with E-state index < -0.39 is 23.8 Å². The smallest absolute Gasteiger partial charge is 0.337 e. The Kier molecular flexibility index (Phi) is 9.18. The Hall–Kier alpha value is -7.10. The first-order chi connectivity index (χ1) is 23.7. The number of anilines is 2. The summed E-state index contributed by atoms with van der Waals surface area (Å²) in [6.45, 7) is 0. The maximum absolute atomic E-state index is 12.9. The van der Waals surface area contributed by atoms with E-state index in [-0.39, 0.29) is 33.9 Å². The number of carbonyl (C=O) groups excluding carboxylic acids is 2.